The van der Waals surface area contributed by atoms with Gasteiger partial charge in [-0.25, -0.2) is 9.97 Å². The third-order valence-corrected chi connectivity index (χ3v) is 7.25. The van der Waals surface area contributed by atoms with Gasteiger partial charge in [0, 0.05) is 47.0 Å². The van der Waals surface area contributed by atoms with E-state index in [2.05, 4.69) is 32.4 Å². The van der Waals surface area contributed by atoms with E-state index in [9.17, 15) is 4.79 Å². The Morgan fingerprint density at radius 2 is 2.03 bits per heavy atom. The van der Waals surface area contributed by atoms with Crippen molar-refractivity contribution in [2.45, 2.75) is 51.1 Å². The number of fused-ring (bicyclic) bond motifs is 1. The lowest BCUT2D eigenvalue weighted by molar-refractivity contribution is -0.125. The molecule has 1 unspecified atom stereocenters. The fourth-order valence-corrected chi connectivity index (χ4v) is 5.33. The second-order valence-corrected chi connectivity index (χ2v) is 9.67. The maximum absolute atomic E-state index is 12.6. The number of nitrogens with zero attached hydrogens (tertiary/aromatic N) is 3. The van der Waals surface area contributed by atoms with Crippen LogP contribution in [0, 0.1) is 5.92 Å². The van der Waals surface area contributed by atoms with Gasteiger partial charge in [0.05, 0.1) is 11.6 Å². The molecule has 1 saturated heterocycles. The van der Waals surface area contributed by atoms with Crippen molar-refractivity contribution in [2.24, 2.45) is 5.92 Å². The van der Waals surface area contributed by atoms with Crippen molar-refractivity contribution in [2.75, 3.05) is 25.0 Å². The zero-order chi connectivity index (χ0) is 22.8. The van der Waals surface area contributed by atoms with Crippen LogP contribution in [0.2, 0.25) is 5.02 Å². The molecular weight excluding hydrogens is 436 g/mol. The van der Waals surface area contributed by atoms with Crippen LogP contribution in [-0.4, -0.2) is 57.5 Å². The summed E-state index contributed by atoms with van der Waals surface area (Å²) in [6.07, 6.45) is 8.63. The molecule has 3 aromatic rings. The molecule has 0 spiro atoms. The van der Waals surface area contributed by atoms with Crippen molar-refractivity contribution < 1.29 is 4.79 Å². The van der Waals surface area contributed by atoms with Gasteiger partial charge in [-0.1, -0.05) is 18.5 Å². The molecule has 5 rings (SSSR count). The summed E-state index contributed by atoms with van der Waals surface area (Å²) in [5, 5.41) is 8.56. The summed E-state index contributed by atoms with van der Waals surface area (Å²) >= 11 is 6.44. The Labute approximate surface area is 199 Å². The molecule has 2 fully saturated rings. The molecule has 0 bridgehead atoms. The molecule has 1 aliphatic heterocycles. The summed E-state index contributed by atoms with van der Waals surface area (Å²) < 4.78 is 0. The summed E-state index contributed by atoms with van der Waals surface area (Å²) in [6, 6.07) is 8.32. The Kier molecular flexibility index (Phi) is 6.51. The molecule has 1 amide bonds. The van der Waals surface area contributed by atoms with Crippen molar-refractivity contribution in [1.29, 1.82) is 0 Å². The highest BCUT2D eigenvalue weighted by Gasteiger charge is 2.30. The Balaban J connectivity index is 1.19. The Hall–Kier alpha value is -2.64. The number of halogens is 1. The second kappa shape index (κ2) is 9.69. The van der Waals surface area contributed by atoms with Gasteiger partial charge in [-0.3, -0.25) is 4.79 Å². The van der Waals surface area contributed by atoms with E-state index in [-0.39, 0.29) is 17.9 Å². The van der Waals surface area contributed by atoms with E-state index < -0.39 is 0 Å². The fraction of sp³-hybridized carbons (Fsp3) is 0.480. The highest BCUT2D eigenvalue weighted by atomic mass is 35.5. The summed E-state index contributed by atoms with van der Waals surface area (Å²) in [4.78, 5) is 27.4. The van der Waals surface area contributed by atoms with Crippen molar-refractivity contribution in [3.8, 4) is 11.3 Å². The van der Waals surface area contributed by atoms with Crippen molar-refractivity contribution in [3.63, 3.8) is 0 Å². The number of anilines is 1. The van der Waals surface area contributed by atoms with Crippen molar-refractivity contribution >= 4 is 34.4 Å². The van der Waals surface area contributed by atoms with Gasteiger partial charge in [0.1, 0.15) is 11.5 Å². The number of hydrogen-bond acceptors (Lipinski definition) is 5. The number of carbonyl (C=O) groups is 1. The number of amides is 1. The van der Waals surface area contributed by atoms with Gasteiger partial charge in [-0.2, -0.15) is 0 Å². The van der Waals surface area contributed by atoms with Gasteiger partial charge in [-0.05, 0) is 69.5 Å². The van der Waals surface area contributed by atoms with E-state index in [1.54, 1.807) is 6.20 Å². The number of hydrogen-bond donors (Lipinski definition) is 3. The molecule has 33 heavy (non-hydrogen) atoms. The lowest BCUT2D eigenvalue weighted by Gasteiger charge is -2.30. The van der Waals surface area contributed by atoms with E-state index in [0.29, 0.717) is 11.1 Å². The highest BCUT2D eigenvalue weighted by Crippen LogP contribution is 2.30. The smallest absolute Gasteiger partial charge is 0.224 e. The van der Waals surface area contributed by atoms with Gasteiger partial charge in [0.15, 0.2) is 0 Å². The number of aromatic amines is 1. The molecule has 0 aromatic carbocycles. The van der Waals surface area contributed by atoms with Gasteiger partial charge in [0.25, 0.3) is 0 Å². The van der Waals surface area contributed by atoms with Crippen LogP contribution in [0.15, 0.2) is 36.7 Å². The molecule has 3 aromatic heterocycles. The zero-order valence-corrected chi connectivity index (χ0v) is 19.7. The fourth-order valence-electron chi connectivity index (χ4n) is 5.12. The van der Waals surface area contributed by atoms with E-state index in [4.69, 9.17) is 16.6 Å². The molecule has 7 nitrogen and oxygen atoms in total. The SMILES string of the molecule is CCN1CCC(C(=O)N[C@H]2CC[C@H](Nc3cc(Cl)cc(-c4c[nH]c5ncccc45)n3)CC2)C1. The number of aromatic nitrogens is 3. The number of carbonyl (C=O) groups excluding carboxylic acids is 1. The van der Waals surface area contributed by atoms with Gasteiger partial charge in [-0.15, -0.1) is 0 Å². The minimum absolute atomic E-state index is 0.148. The maximum Gasteiger partial charge on any atom is 0.224 e. The van der Waals surface area contributed by atoms with Crippen molar-refractivity contribution in [3.05, 3.63) is 41.7 Å². The van der Waals surface area contributed by atoms with Gasteiger partial charge < -0.3 is 20.5 Å². The minimum Gasteiger partial charge on any atom is -0.367 e. The summed E-state index contributed by atoms with van der Waals surface area (Å²) in [5.74, 6) is 1.17. The Morgan fingerprint density at radius 3 is 2.82 bits per heavy atom. The molecule has 1 atom stereocenters. The Morgan fingerprint density at radius 1 is 1.21 bits per heavy atom. The molecule has 0 radical (unpaired) electrons. The van der Waals surface area contributed by atoms with Crippen LogP contribution in [0.4, 0.5) is 5.82 Å². The first-order chi connectivity index (χ1) is 16.1. The number of pyridine rings is 2. The second-order valence-electron chi connectivity index (χ2n) is 9.24. The number of nitrogens with one attached hydrogen (secondary N) is 3. The summed E-state index contributed by atoms with van der Waals surface area (Å²) in [5.41, 5.74) is 2.65. The number of likely N-dealkylation sites (tertiary alicyclic amines) is 1. The van der Waals surface area contributed by atoms with E-state index >= 15 is 0 Å². The monoisotopic (exact) mass is 466 g/mol. The zero-order valence-electron chi connectivity index (χ0n) is 19.0. The third-order valence-electron chi connectivity index (χ3n) is 7.03. The van der Waals surface area contributed by atoms with E-state index in [1.165, 1.54) is 0 Å². The lowest BCUT2D eigenvalue weighted by atomic mass is 9.90. The van der Waals surface area contributed by atoms with E-state index in [1.807, 2.05) is 30.5 Å². The molecule has 2 aliphatic rings. The Bertz CT molecular complexity index is 1120. The first kappa shape index (κ1) is 22.2. The number of rotatable bonds is 6. The predicted molar refractivity (Wildman–Crippen MR) is 132 cm³/mol. The van der Waals surface area contributed by atoms with E-state index in [0.717, 1.165) is 79.8 Å². The van der Waals surface area contributed by atoms with Crippen LogP contribution in [0.25, 0.3) is 22.3 Å². The standard InChI is InChI=1S/C25H31ClN6O/c1-2-32-11-9-16(15-32)25(33)30-19-7-5-18(6-8-19)29-23-13-17(26)12-22(31-23)21-14-28-24-20(21)4-3-10-27-24/h3-4,10,12-14,16,18-19H,2,5-9,11,15H2,1H3,(H,27,28)(H,29,31)(H,30,33)/t16?,18-,19-. The van der Waals surface area contributed by atoms with Crippen LogP contribution in [0.1, 0.15) is 39.0 Å². The van der Waals surface area contributed by atoms with Crippen LogP contribution in [0.3, 0.4) is 0 Å². The average molecular weight is 467 g/mol. The largest absolute Gasteiger partial charge is 0.367 e. The molecule has 4 heterocycles. The maximum atomic E-state index is 12.6. The average Bonchev–Trinajstić information content (AvgIpc) is 3.47. The molecule has 1 aliphatic carbocycles. The van der Waals surface area contributed by atoms with Crippen LogP contribution in [-0.2, 0) is 4.79 Å². The normalized spacial score (nSPS) is 23.6. The highest BCUT2D eigenvalue weighted by molar-refractivity contribution is 6.31. The van der Waals surface area contributed by atoms with Gasteiger partial charge >= 0.3 is 0 Å². The first-order valence-electron chi connectivity index (χ1n) is 12.0. The minimum atomic E-state index is 0.148. The van der Waals surface area contributed by atoms with Crippen LogP contribution in [0.5, 0.6) is 0 Å². The molecule has 8 heteroatoms. The van der Waals surface area contributed by atoms with Gasteiger partial charge in [0.2, 0.25) is 5.91 Å². The van der Waals surface area contributed by atoms with Crippen molar-refractivity contribution in [1.82, 2.24) is 25.2 Å². The topological polar surface area (TPSA) is 85.9 Å². The number of H-pyrrole nitrogens is 1. The summed E-state index contributed by atoms with van der Waals surface area (Å²) in [6.45, 7) is 5.12. The molecule has 3 N–H and O–H groups in total. The van der Waals surface area contributed by atoms with Crippen LogP contribution < -0.4 is 10.6 Å². The predicted octanol–water partition coefficient (Wildman–Crippen LogP) is 4.46. The first-order valence-corrected chi connectivity index (χ1v) is 12.4. The van der Waals surface area contributed by atoms with Crippen LogP contribution >= 0.6 is 11.6 Å². The third kappa shape index (κ3) is 4.99. The molecular formula is C25H31ClN6O. The molecule has 1 saturated carbocycles. The lowest BCUT2D eigenvalue weighted by Crippen LogP contribution is -2.43. The summed E-state index contributed by atoms with van der Waals surface area (Å²) in [7, 11) is 0. The molecule has 174 valence electrons. The quantitative estimate of drug-likeness (QED) is 0.499.